The number of rotatable bonds is 1. The number of nitrogen functional groups attached to an aromatic ring is 1. The van der Waals surface area contributed by atoms with Gasteiger partial charge in [0.2, 0.25) is 0 Å². The van der Waals surface area contributed by atoms with Crippen LogP contribution >= 0.6 is 0 Å². The number of hydrogen-bond acceptors (Lipinski definition) is 4. The third-order valence-electron chi connectivity index (χ3n) is 1.82. The lowest BCUT2D eigenvalue weighted by atomic mass is 10.4. The van der Waals surface area contributed by atoms with E-state index in [1.54, 1.807) is 6.07 Å². The smallest absolute Gasteiger partial charge is 0.358 e. The van der Waals surface area contributed by atoms with E-state index in [1.165, 1.54) is 0 Å². The molecule has 2 heterocycles. The Bertz CT molecular complexity index is 517. The van der Waals surface area contributed by atoms with Gasteiger partial charge in [-0.05, 0) is 13.0 Å². The van der Waals surface area contributed by atoms with Gasteiger partial charge in [-0.3, -0.25) is 0 Å². The molecule has 0 aromatic carbocycles. The van der Waals surface area contributed by atoms with Crippen molar-refractivity contribution in [3.05, 3.63) is 17.5 Å². The van der Waals surface area contributed by atoms with Crippen LogP contribution in [0.2, 0.25) is 0 Å². The van der Waals surface area contributed by atoms with Crippen molar-refractivity contribution in [1.29, 1.82) is 0 Å². The highest BCUT2D eigenvalue weighted by Crippen LogP contribution is 2.14. The van der Waals surface area contributed by atoms with Gasteiger partial charge < -0.3 is 15.8 Å². The number of carboxylic acids is 1. The Labute approximate surface area is 78.8 Å². The standard InChI is InChI=1S/C8H8N4O2/c1-3-2-4-7(10-3)12-6(9)5(11-4)8(13)14/h2H,1H3,(H,13,14)(H3,9,10,12). The van der Waals surface area contributed by atoms with Gasteiger partial charge in [0.25, 0.3) is 0 Å². The molecular weight excluding hydrogens is 184 g/mol. The molecular formula is C8H8N4O2. The Morgan fingerprint density at radius 1 is 1.57 bits per heavy atom. The number of aromatic amines is 1. The maximum absolute atomic E-state index is 10.7. The zero-order valence-electron chi connectivity index (χ0n) is 7.40. The molecule has 0 aliphatic heterocycles. The van der Waals surface area contributed by atoms with E-state index in [9.17, 15) is 4.79 Å². The molecule has 72 valence electrons. The molecule has 6 nitrogen and oxygen atoms in total. The average molecular weight is 192 g/mol. The minimum Gasteiger partial charge on any atom is -0.476 e. The first-order valence-electron chi connectivity index (χ1n) is 3.94. The van der Waals surface area contributed by atoms with E-state index in [0.717, 1.165) is 5.69 Å². The Kier molecular flexibility index (Phi) is 1.63. The maximum Gasteiger partial charge on any atom is 0.358 e. The van der Waals surface area contributed by atoms with Crippen LogP contribution < -0.4 is 5.73 Å². The predicted molar refractivity (Wildman–Crippen MR) is 50.0 cm³/mol. The van der Waals surface area contributed by atoms with Gasteiger partial charge in [-0.15, -0.1) is 0 Å². The van der Waals surface area contributed by atoms with Crippen LogP contribution in [0.1, 0.15) is 16.2 Å². The van der Waals surface area contributed by atoms with Gasteiger partial charge >= 0.3 is 5.97 Å². The number of aryl methyl sites for hydroxylation is 1. The minimum atomic E-state index is -1.17. The fraction of sp³-hybridized carbons (Fsp3) is 0.125. The second kappa shape index (κ2) is 2.69. The van der Waals surface area contributed by atoms with Crippen LogP contribution in [0.3, 0.4) is 0 Å². The summed E-state index contributed by atoms with van der Waals surface area (Å²) in [5, 5.41) is 8.74. The first-order chi connectivity index (χ1) is 6.58. The molecule has 0 radical (unpaired) electrons. The van der Waals surface area contributed by atoms with Gasteiger partial charge in [0.1, 0.15) is 5.52 Å². The number of anilines is 1. The van der Waals surface area contributed by atoms with Crippen LogP contribution in [0, 0.1) is 6.92 Å². The number of hydrogen-bond donors (Lipinski definition) is 3. The fourth-order valence-electron chi connectivity index (χ4n) is 1.24. The van der Waals surface area contributed by atoms with Crippen molar-refractivity contribution in [2.45, 2.75) is 6.92 Å². The van der Waals surface area contributed by atoms with Crippen molar-refractivity contribution in [3.8, 4) is 0 Å². The molecule has 0 saturated heterocycles. The molecule has 0 aliphatic rings. The Hall–Kier alpha value is -2.11. The summed E-state index contributed by atoms with van der Waals surface area (Å²) in [6.07, 6.45) is 0. The van der Waals surface area contributed by atoms with Crippen molar-refractivity contribution in [2.24, 2.45) is 0 Å². The first kappa shape index (κ1) is 8.49. The van der Waals surface area contributed by atoms with Gasteiger partial charge in [-0.2, -0.15) is 0 Å². The molecule has 2 aromatic rings. The summed E-state index contributed by atoms with van der Waals surface area (Å²) in [6, 6.07) is 1.72. The molecule has 0 aliphatic carbocycles. The van der Waals surface area contributed by atoms with E-state index in [0.29, 0.717) is 11.2 Å². The zero-order valence-corrected chi connectivity index (χ0v) is 7.40. The number of nitrogens with zero attached hydrogens (tertiary/aromatic N) is 2. The van der Waals surface area contributed by atoms with Crippen molar-refractivity contribution in [2.75, 3.05) is 5.73 Å². The molecule has 2 rings (SSSR count). The molecule has 0 saturated carbocycles. The SMILES string of the molecule is Cc1cc2nc(C(=O)O)c(N)nc2[nH]1. The van der Waals surface area contributed by atoms with E-state index >= 15 is 0 Å². The number of carboxylic acid groups (broad SMARTS) is 1. The summed E-state index contributed by atoms with van der Waals surface area (Å²) in [5.41, 5.74) is 7.09. The van der Waals surface area contributed by atoms with Crippen LogP contribution in [0.5, 0.6) is 0 Å². The van der Waals surface area contributed by atoms with E-state index < -0.39 is 5.97 Å². The van der Waals surface area contributed by atoms with Crippen LogP contribution in [-0.2, 0) is 0 Å². The maximum atomic E-state index is 10.7. The second-order valence-electron chi connectivity index (χ2n) is 2.95. The van der Waals surface area contributed by atoms with Crippen LogP contribution in [0.15, 0.2) is 6.07 Å². The van der Waals surface area contributed by atoms with Gasteiger partial charge in [-0.25, -0.2) is 14.8 Å². The van der Waals surface area contributed by atoms with Gasteiger partial charge in [0.15, 0.2) is 17.2 Å². The number of nitrogens with one attached hydrogen (secondary N) is 1. The lowest BCUT2D eigenvalue weighted by Crippen LogP contribution is -2.07. The fourth-order valence-corrected chi connectivity index (χ4v) is 1.24. The topological polar surface area (TPSA) is 105 Å². The quantitative estimate of drug-likeness (QED) is 0.611. The third kappa shape index (κ3) is 1.17. The van der Waals surface area contributed by atoms with Crippen molar-refractivity contribution < 1.29 is 9.90 Å². The summed E-state index contributed by atoms with van der Waals surface area (Å²) in [4.78, 5) is 21.4. The number of carbonyl (C=O) groups is 1. The molecule has 0 unspecified atom stereocenters. The van der Waals surface area contributed by atoms with Crippen LogP contribution in [0.4, 0.5) is 5.82 Å². The summed E-state index contributed by atoms with van der Waals surface area (Å²) in [7, 11) is 0. The molecule has 0 fully saturated rings. The van der Waals surface area contributed by atoms with Crippen LogP contribution in [-0.4, -0.2) is 26.0 Å². The van der Waals surface area contributed by atoms with E-state index in [1.807, 2.05) is 6.92 Å². The number of aromatic nitrogens is 3. The lowest BCUT2D eigenvalue weighted by molar-refractivity contribution is 0.0692. The molecule has 0 atom stereocenters. The highest BCUT2D eigenvalue weighted by Gasteiger charge is 2.13. The predicted octanol–water partition coefficient (Wildman–Crippen LogP) is 0.547. The van der Waals surface area contributed by atoms with Crippen molar-refractivity contribution in [1.82, 2.24) is 15.0 Å². The van der Waals surface area contributed by atoms with Gasteiger partial charge in [-0.1, -0.05) is 0 Å². The lowest BCUT2D eigenvalue weighted by Gasteiger charge is -1.97. The normalized spacial score (nSPS) is 10.6. The van der Waals surface area contributed by atoms with Crippen molar-refractivity contribution >= 4 is 23.0 Å². The number of aromatic carboxylic acids is 1. The highest BCUT2D eigenvalue weighted by atomic mass is 16.4. The summed E-state index contributed by atoms with van der Waals surface area (Å²) in [6.45, 7) is 1.83. The number of nitrogens with two attached hydrogens (primary N) is 1. The molecule has 2 aromatic heterocycles. The molecule has 6 heteroatoms. The molecule has 0 amide bonds. The first-order valence-corrected chi connectivity index (χ1v) is 3.94. The Morgan fingerprint density at radius 2 is 2.29 bits per heavy atom. The van der Waals surface area contributed by atoms with Crippen molar-refractivity contribution in [3.63, 3.8) is 0 Å². The monoisotopic (exact) mass is 192 g/mol. The third-order valence-corrected chi connectivity index (χ3v) is 1.82. The zero-order chi connectivity index (χ0) is 10.3. The second-order valence-corrected chi connectivity index (χ2v) is 2.95. The summed E-state index contributed by atoms with van der Waals surface area (Å²) in [5.74, 6) is -1.25. The van der Waals surface area contributed by atoms with Gasteiger partial charge in [0.05, 0.1) is 0 Å². The minimum absolute atomic E-state index is 0.0770. The Balaban J connectivity index is 2.76. The molecule has 4 N–H and O–H groups in total. The molecule has 0 bridgehead atoms. The highest BCUT2D eigenvalue weighted by molar-refractivity contribution is 5.92. The summed E-state index contributed by atoms with van der Waals surface area (Å²) >= 11 is 0. The van der Waals surface area contributed by atoms with Crippen LogP contribution in [0.25, 0.3) is 11.2 Å². The number of H-pyrrole nitrogens is 1. The molecule has 14 heavy (non-hydrogen) atoms. The van der Waals surface area contributed by atoms with E-state index in [-0.39, 0.29) is 11.5 Å². The molecule has 0 spiro atoms. The largest absolute Gasteiger partial charge is 0.476 e. The van der Waals surface area contributed by atoms with Gasteiger partial charge in [0, 0.05) is 5.69 Å². The Morgan fingerprint density at radius 3 is 2.93 bits per heavy atom. The van der Waals surface area contributed by atoms with E-state index in [2.05, 4.69) is 15.0 Å². The summed E-state index contributed by atoms with van der Waals surface area (Å²) < 4.78 is 0. The number of fused-ring (bicyclic) bond motifs is 1. The van der Waals surface area contributed by atoms with E-state index in [4.69, 9.17) is 10.8 Å². The average Bonchev–Trinajstić information content (AvgIpc) is 2.42.